The van der Waals surface area contributed by atoms with Crippen molar-refractivity contribution in [3.63, 3.8) is 0 Å². The zero-order valence-electron chi connectivity index (χ0n) is 8.72. The van der Waals surface area contributed by atoms with E-state index in [-0.39, 0.29) is 17.2 Å². The minimum atomic E-state index is -3.19. The highest BCUT2D eigenvalue weighted by atomic mass is 79.9. The van der Waals surface area contributed by atoms with E-state index in [4.69, 9.17) is 5.21 Å². The fourth-order valence-corrected chi connectivity index (χ4v) is 2.23. The molecule has 1 rings (SSSR count). The summed E-state index contributed by atoms with van der Waals surface area (Å²) in [6, 6.07) is 6.92. The Kier molecular flexibility index (Phi) is 4.49. The van der Waals surface area contributed by atoms with Crippen molar-refractivity contribution in [2.24, 2.45) is 5.16 Å². The summed E-state index contributed by atoms with van der Waals surface area (Å²) in [5.74, 6) is -0.218. The van der Waals surface area contributed by atoms with Crippen LogP contribution in [0.15, 0.2) is 33.9 Å². The summed E-state index contributed by atoms with van der Waals surface area (Å²) in [4.78, 5) is 0. The van der Waals surface area contributed by atoms with Gasteiger partial charge in [0.25, 0.3) is 0 Å². The lowest BCUT2D eigenvalue weighted by Gasteiger charge is -2.04. The molecule has 0 heterocycles. The molecule has 0 atom stereocenters. The van der Waals surface area contributed by atoms with Crippen LogP contribution in [0.4, 0.5) is 0 Å². The lowest BCUT2D eigenvalue weighted by atomic mass is 10.1. The van der Waals surface area contributed by atoms with Gasteiger partial charge in [-0.05, 0) is 12.1 Å². The molecule has 0 aliphatic rings. The summed E-state index contributed by atoms with van der Waals surface area (Å²) < 4.78 is 23.7. The van der Waals surface area contributed by atoms with Crippen LogP contribution >= 0.6 is 15.9 Å². The maximum atomic E-state index is 11.4. The number of sulfone groups is 1. The fourth-order valence-electron chi connectivity index (χ4n) is 1.12. The number of hydrogen-bond donors (Lipinski definition) is 1. The highest BCUT2D eigenvalue weighted by molar-refractivity contribution is 9.10. The Morgan fingerprint density at radius 3 is 2.38 bits per heavy atom. The molecule has 0 saturated heterocycles. The number of hydrogen-bond acceptors (Lipinski definition) is 4. The van der Waals surface area contributed by atoms with Crippen LogP contribution in [0.25, 0.3) is 0 Å². The van der Waals surface area contributed by atoms with Crippen LogP contribution in [0.3, 0.4) is 0 Å². The van der Waals surface area contributed by atoms with E-state index < -0.39 is 9.84 Å². The minimum absolute atomic E-state index is 0.0303. The Hall–Kier alpha value is -0.880. The molecule has 6 heteroatoms. The predicted octanol–water partition coefficient (Wildman–Crippen LogP) is 2.06. The van der Waals surface area contributed by atoms with Gasteiger partial charge in [-0.3, -0.25) is 0 Å². The monoisotopic (exact) mass is 305 g/mol. The van der Waals surface area contributed by atoms with E-state index in [1.807, 2.05) is 0 Å². The highest BCUT2D eigenvalue weighted by Gasteiger charge is 2.14. The van der Waals surface area contributed by atoms with E-state index in [1.54, 1.807) is 31.2 Å². The van der Waals surface area contributed by atoms with Crippen molar-refractivity contribution in [3.8, 4) is 0 Å². The minimum Gasteiger partial charge on any atom is -0.411 e. The smallest absolute Gasteiger partial charge is 0.155 e. The van der Waals surface area contributed by atoms with Gasteiger partial charge in [0.1, 0.15) is 5.71 Å². The van der Waals surface area contributed by atoms with Gasteiger partial charge in [-0.2, -0.15) is 0 Å². The van der Waals surface area contributed by atoms with Gasteiger partial charge in [-0.15, -0.1) is 0 Å². The summed E-state index contributed by atoms with van der Waals surface area (Å²) in [6.07, 6.45) is 0. The van der Waals surface area contributed by atoms with Gasteiger partial charge in [0.15, 0.2) is 9.84 Å². The van der Waals surface area contributed by atoms with E-state index in [0.29, 0.717) is 5.56 Å². The van der Waals surface area contributed by atoms with Gasteiger partial charge >= 0.3 is 0 Å². The number of benzene rings is 1. The second kappa shape index (κ2) is 5.45. The Bertz CT molecular complexity index is 479. The molecule has 1 aromatic carbocycles. The number of rotatable bonds is 4. The van der Waals surface area contributed by atoms with Crippen molar-refractivity contribution in [3.05, 3.63) is 34.3 Å². The van der Waals surface area contributed by atoms with Gasteiger partial charge in [0, 0.05) is 15.8 Å². The third kappa shape index (κ3) is 3.61. The molecule has 88 valence electrons. The zero-order valence-corrected chi connectivity index (χ0v) is 11.1. The summed E-state index contributed by atoms with van der Waals surface area (Å²) in [7, 11) is -3.19. The summed E-state index contributed by atoms with van der Waals surface area (Å²) >= 11 is 3.27. The van der Waals surface area contributed by atoms with E-state index >= 15 is 0 Å². The molecular formula is C10H12BrNO3S. The fraction of sp³-hybridized carbons (Fsp3) is 0.300. The molecular weight excluding hydrogens is 294 g/mol. The molecule has 16 heavy (non-hydrogen) atoms. The Morgan fingerprint density at radius 2 is 1.94 bits per heavy atom. The lowest BCUT2D eigenvalue weighted by molar-refractivity contribution is 0.319. The van der Waals surface area contributed by atoms with Crippen LogP contribution in [0.5, 0.6) is 0 Å². The number of nitrogens with zero attached hydrogens (tertiary/aromatic N) is 1. The Labute approximate surface area is 103 Å². The molecule has 0 bridgehead atoms. The predicted molar refractivity (Wildman–Crippen MR) is 66.8 cm³/mol. The first-order valence-electron chi connectivity index (χ1n) is 4.66. The van der Waals surface area contributed by atoms with Crippen LogP contribution < -0.4 is 0 Å². The van der Waals surface area contributed by atoms with E-state index in [9.17, 15) is 8.42 Å². The van der Waals surface area contributed by atoms with E-state index in [1.165, 1.54) is 0 Å². The molecule has 0 fully saturated rings. The molecule has 0 spiro atoms. The van der Waals surface area contributed by atoms with Gasteiger partial charge in [0.05, 0.1) is 5.75 Å². The summed E-state index contributed by atoms with van der Waals surface area (Å²) in [5, 5.41) is 11.9. The average molecular weight is 306 g/mol. The van der Waals surface area contributed by atoms with Crippen molar-refractivity contribution in [1.82, 2.24) is 0 Å². The first-order valence-corrected chi connectivity index (χ1v) is 7.27. The molecule has 4 nitrogen and oxygen atoms in total. The molecule has 0 radical (unpaired) electrons. The van der Waals surface area contributed by atoms with Gasteiger partial charge in [-0.25, -0.2) is 8.42 Å². The second-order valence-corrected chi connectivity index (χ2v) is 6.50. The maximum Gasteiger partial charge on any atom is 0.155 e. The standard InChI is InChI=1S/C10H12BrNO3S/c1-2-16(14,15)7-10(12-13)8-3-5-9(11)6-4-8/h3-6,13H,2,7H2,1H3/b12-10+. The second-order valence-electron chi connectivity index (χ2n) is 3.23. The molecule has 0 amide bonds. The molecule has 1 aromatic rings. The molecule has 0 aliphatic heterocycles. The Balaban J connectivity index is 2.97. The molecule has 0 saturated carbocycles. The topological polar surface area (TPSA) is 66.7 Å². The van der Waals surface area contributed by atoms with Crippen molar-refractivity contribution in [2.45, 2.75) is 6.92 Å². The molecule has 0 aromatic heterocycles. The first kappa shape index (κ1) is 13.2. The Morgan fingerprint density at radius 1 is 1.38 bits per heavy atom. The third-order valence-electron chi connectivity index (χ3n) is 2.09. The van der Waals surface area contributed by atoms with Gasteiger partial charge in [0.2, 0.25) is 0 Å². The van der Waals surface area contributed by atoms with Crippen LogP contribution in [0, 0.1) is 0 Å². The zero-order chi connectivity index (χ0) is 12.2. The SMILES string of the molecule is CCS(=O)(=O)C/C(=N\O)c1ccc(Br)cc1. The first-order chi connectivity index (χ1) is 7.48. The third-order valence-corrected chi connectivity index (χ3v) is 4.22. The van der Waals surface area contributed by atoms with Crippen molar-refractivity contribution >= 4 is 31.5 Å². The van der Waals surface area contributed by atoms with Crippen LogP contribution in [-0.4, -0.2) is 30.8 Å². The van der Waals surface area contributed by atoms with Crippen molar-refractivity contribution < 1.29 is 13.6 Å². The quantitative estimate of drug-likeness (QED) is 0.526. The lowest BCUT2D eigenvalue weighted by Crippen LogP contribution is -2.18. The van der Waals surface area contributed by atoms with Crippen LogP contribution in [0.2, 0.25) is 0 Å². The van der Waals surface area contributed by atoms with Crippen LogP contribution in [0.1, 0.15) is 12.5 Å². The van der Waals surface area contributed by atoms with E-state index in [2.05, 4.69) is 21.1 Å². The van der Waals surface area contributed by atoms with Crippen LogP contribution in [-0.2, 0) is 9.84 Å². The summed E-state index contributed by atoms with van der Waals surface area (Å²) in [6.45, 7) is 1.56. The average Bonchev–Trinajstić information content (AvgIpc) is 2.27. The molecule has 0 aliphatic carbocycles. The largest absolute Gasteiger partial charge is 0.411 e. The van der Waals surface area contributed by atoms with E-state index in [0.717, 1.165) is 4.47 Å². The number of oxime groups is 1. The molecule has 1 N–H and O–H groups in total. The molecule has 0 unspecified atom stereocenters. The van der Waals surface area contributed by atoms with Gasteiger partial charge in [-0.1, -0.05) is 40.1 Å². The highest BCUT2D eigenvalue weighted by Crippen LogP contribution is 2.12. The van der Waals surface area contributed by atoms with Gasteiger partial charge < -0.3 is 5.21 Å². The summed E-state index contributed by atoms with van der Waals surface area (Å²) in [5.41, 5.74) is 0.761. The normalized spacial score (nSPS) is 12.8. The maximum absolute atomic E-state index is 11.4. The van der Waals surface area contributed by atoms with Crippen molar-refractivity contribution in [2.75, 3.05) is 11.5 Å². The number of halogens is 1. The van der Waals surface area contributed by atoms with Crippen molar-refractivity contribution in [1.29, 1.82) is 0 Å².